The van der Waals surface area contributed by atoms with Crippen molar-refractivity contribution < 1.29 is 12.8 Å². The average Bonchev–Trinajstić information content (AvgIpc) is 2.48. The van der Waals surface area contributed by atoms with E-state index in [1.54, 1.807) is 0 Å². The molecule has 1 aromatic rings. The third kappa shape index (κ3) is 3.62. The lowest BCUT2D eigenvalue weighted by molar-refractivity contribution is 0.262. The fourth-order valence-corrected chi connectivity index (χ4v) is 4.38. The van der Waals surface area contributed by atoms with E-state index < -0.39 is 15.8 Å². The van der Waals surface area contributed by atoms with Gasteiger partial charge in [0.25, 0.3) is 0 Å². The van der Waals surface area contributed by atoms with Gasteiger partial charge in [0.15, 0.2) is 0 Å². The molecule has 0 atom stereocenters. The summed E-state index contributed by atoms with van der Waals surface area (Å²) in [6, 6.07) is 3.85. The topological polar surface area (TPSA) is 63.4 Å². The quantitative estimate of drug-likeness (QED) is 0.908. The van der Waals surface area contributed by atoms with Crippen LogP contribution < -0.4 is 5.73 Å². The first-order chi connectivity index (χ1) is 9.98. The molecular formula is C15H23FN2O2S. The standard InChI is InChI=1S/C15H23FN2O2S/c1-2-3-12-6-8-18(9-7-12)21(19,20)14-4-5-15(16)13(10-14)11-17/h4-5,10,12H,2-3,6-9,11,17H2,1H3. The zero-order valence-electron chi connectivity index (χ0n) is 12.4. The highest BCUT2D eigenvalue weighted by Crippen LogP contribution is 2.27. The average molecular weight is 314 g/mol. The van der Waals surface area contributed by atoms with Gasteiger partial charge in [-0.25, -0.2) is 12.8 Å². The number of nitrogens with two attached hydrogens (primary N) is 1. The van der Waals surface area contributed by atoms with Gasteiger partial charge >= 0.3 is 0 Å². The molecule has 1 heterocycles. The molecule has 118 valence electrons. The van der Waals surface area contributed by atoms with Crippen molar-refractivity contribution in [2.45, 2.75) is 44.0 Å². The Morgan fingerprint density at radius 2 is 2.00 bits per heavy atom. The Morgan fingerprint density at radius 1 is 1.33 bits per heavy atom. The summed E-state index contributed by atoms with van der Waals surface area (Å²) in [6.07, 6.45) is 4.09. The van der Waals surface area contributed by atoms with Crippen LogP contribution in [-0.2, 0) is 16.6 Å². The Labute approximate surface area is 126 Å². The lowest BCUT2D eigenvalue weighted by Crippen LogP contribution is -2.38. The number of rotatable bonds is 5. The molecule has 0 aromatic heterocycles. The van der Waals surface area contributed by atoms with Gasteiger partial charge in [0, 0.05) is 25.2 Å². The van der Waals surface area contributed by atoms with Crippen LogP contribution >= 0.6 is 0 Å². The summed E-state index contributed by atoms with van der Waals surface area (Å²) in [6.45, 7) is 3.23. The Kier molecular flexibility index (Phi) is 5.35. The molecule has 21 heavy (non-hydrogen) atoms. The number of benzene rings is 1. The van der Waals surface area contributed by atoms with E-state index in [-0.39, 0.29) is 17.0 Å². The van der Waals surface area contributed by atoms with E-state index in [1.807, 2.05) is 0 Å². The van der Waals surface area contributed by atoms with Crippen molar-refractivity contribution in [3.05, 3.63) is 29.6 Å². The molecule has 6 heteroatoms. The minimum Gasteiger partial charge on any atom is -0.326 e. The number of halogens is 1. The Balaban J connectivity index is 2.15. The van der Waals surface area contributed by atoms with Crippen molar-refractivity contribution in [2.75, 3.05) is 13.1 Å². The fourth-order valence-electron chi connectivity index (χ4n) is 2.86. The summed E-state index contributed by atoms with van der Waals surface area (Å²) in [7, 11) is -3.54. The van der Waals surface area contributed by atoms with Crippen LogP contribution in [0, 0.1) is 11.7 Å². The maximum Gasteiger partial charge on any atom is 0.243 e. The fraction of sp³-hybridized carbons (Fsp3) is 0.600. The molecule has 0 amide bonds. The third-order valence-electron chi connectivity index (χ3n) is 4.15. The van der Waals surface area contributed by atoms with Crippen LogP contribution in [0.3, 0.4) is 0 Å². The monoisotopic (exact) mass is 314 g/mol. The van der Waals surface area contributed by atoms with E-state index in [0.717, 1.165) is 25.7 Å². The second kappa shape index (κ2) is 6.85. The van der Waals surface area contributed by atoms with Crippen LogP contribution in [0.5, 0.6) is 0 Å². The van der Waals surface area contributed by atoms with Crippen LogP contribution in [0.15, 0.2) is 23.1 Å². The van der Waals surface area contributed by atoms with E-state index in [0.29, 0.717) is 19.0 Å². The van der Waals surface area contributed by atoms with Gasteiger partial charge in [0.05, 0.1) is 4.90 Å². The van der Waals surface area contributed by atoms with Crippen molar-refractivity contribution >= 4 is 10.0 Å². The number of hydrogen-bond donors (Lipinski definition) is 1. The van der Waals surface area contributed by atoms with Gasteiger partial charge in [-0.3, -0.25) is 0 Å². The minimum atomic E-state index is -3.54. The zero-order chi connectivity index (χ0) is 15.5. The lowest BCUT2D eigenvalue weighted by Gasteiger charge is -2.31. The summed E-state index contributed by atoms with van der Waals surface area (Å²) < 4.78 is 40.1. The number of sulfonamides is 1. The van der Waals surface area contributed by atoms with Crippen molar-refractivity contribution in [3.63, 3.8) is 0 Å². The van der Waals surface area contributed by atoms with Crippen LogP contribution in [0.25, 0.3) is 0 Å². The highest BCUT2D eigenvalue weighted by atomic mass is 32.2. The van der Waals surface area contributed by atoms with Crippen molar-refractivity contribution in [1.29, 1.82) is 0 Å². The summed E-state index contributed by atoms with van der Waals surface area (Å²) >= 11 is 0. The second-order valence-corrected chi connectivity index (χ2v) is 7.53. The highest BCUT2D eigenvalue weighted by Gasteiger charge is 2.29. The summed E-state index contributed by atoms with van der Waals surface area (Å²) in [5.41, 5.74) is 5.68. The summed E-state index contributed by atoms with van der Waals surface area (Å²) in [5, 5.41) is 0. The molecule has 0 saturated carbocycles. The second-order valence-electron chi connectivity index (χ2n) is 5.59. The van der Waals surface area contributed by atoms with E-state index >= 15 is 0 Å². The maximum atomic E-state index is 13.4. The third-order valence-corrected chi connectivity index (χ3v) is 6.04. The van der Waals surface area contributed by atoms with Gasteiger partial charge in [-0.05, 0) is 37.0 Å². The predicted octanol–water partition coefficient (Wildman–Crippen LogP) is 2.49. The first-order valence-corrected chi connectivity index (χ1v) is 8.91. The zero-order valence-corrected chi connectivity index (χ0v) is 13.2. The minimum absolute atomic E-state index is 0.00618. The summed E-state index contributed by atoms with van der Waals surface area (Å²) in [5.74, 6) is 0.160. The van der Waals surface area contributed by atoms with E-state index in [1.165, 1.54) is 22.5 Å². The maximum absolute atomic E-state index is 13.4. The molecule has 0 radical (unpaired) electrons. The number of nitrogens with zero attached hydrogens (tertiary/aromatic N) is 1. The molecule has 2 N–H and O–H groups in total. The van der Waals surface area contributed by atoms with Gasteiger partial charge < -0.3 is 5.73 Å². The number of piperidine rings is 1. The molecule has 0 unspecified atom stereocenters. The SMILES string of the molecule is CCCC1CCN(S(=O)(=O)c2ccc(F)c(CN)c2)CC1. The summed E-state index contributed by atoms with van der Waals surface area (Å²) in [4.78, 5) is 0.137. The molecule has 0 aliphatic carbocycles. The van der Waals surface area contributed by atoms with Crippen LogP contribution in [0.2, 0.25) is 0 Å². The molecule has 4 nitrogen and oxygen atoms in total. The largest absolute Gasteiger partial charge is 0.326 e. The van der Waals surface area contributed by atoms with Crippen LogP contribution in [0.4, 0.5) is 4.39 Å². The smallest absolute Gasteiger partial charge is 0.243 e. The molecule has 1 aliphatic rings. The molecule has 1 saturated heterocycles. The molecule has 1 fully saturated rings. The Morgan fingerprint density at radius 3 is 2.57 bits per heavy atom. The molecule has 2 rings (SSSR count). The highest BCUT2D eigenvalue weighted by molar-refractivity contribution is 7.89. The Hall–Kier alpha value is -0.980. The lowest BCUT2D eigenvalue weighted by atomic mass is 9.94. The van der Waals surface area contributed by atoms with Gasteiger partial charge in [0.1, 0.15) is 5.82 Å². The first-order valence-electron chi connectivity index (χ1n) is 7.47. The van der Waals surface area contributed by atoms with Crippen LogP contribution in [-0.4, -0.2) is 25.8 Å². The van der Waals surface area contributed by atoms with E-state index in [9.17, 15) is 12.8 Å². The first kappa shape index (κ1) is 16.4. The van der Waals surface area contributed by atoms with Crippen molar-refractivity contribution in [2.24, 2.45) is 11.7 Å². The van der Waals surface area contributed by atoms with Gasteiger partial charge in [-0.1, -0.05) is 19.8 Å². The molecule has 0 bridgehead atoms. The molecular weight excluding hydrogens is 291 g/mol. The normalized spacial score (nSPS) is 18.0. The van der Waals surface area contributed by atoms with E-state index in [2.05, 4.69) is 6.92 Å². The van der Waals surface area contributed by atoms with Gasteiger partial charge in [-0.15, -0.1) is 0 Å². The van der Waals surface area contributed by atoms with Crippen molar-refractivity contribution in [3.8, 4) is 0 Å². The Bertz CT molecular complexity index is 581. The van der Waals surface area contributed by atoms with E-state index in [4.69, 9.17) is 5.73 Å². The molecule has 1 aromatic carbocycles. The predicted molar refractivity (Wildman–Crippen MR) is 80.7 cm³/mol. The van der Waals surface area contributed by atoms with Crippen molar-refractivity contribution in [1.82, 2.24) is 4.31 Å². The molecule has 1 aliphatic heterocycles. The molecule has 0 spiro atoms. The van der Waals surface area contributed by atoms with Crippen LogP contribution in [0.1, 0.15) is 38.2 Å². The number of hydrogen-bond acceptors (Lipinski definition) is 3. The van der Waals surface area contributed by atoms with Gasteiger partial charge in [-0.2, -0.15) is 4.31 Å². The van der Waals surface area contributed by atoms with Gasteiger partial charge in [0.2, 0.25) is 10.0 Å².